The van der Waals surface area contributed by atoms with E-state index in [0.717, 1.165) is 4.47 Å². The summed E-state index contributed by atoms with van der Waals surface area (Å²) in [5, 5.41) is 11.8. The molecule has 0 fully saturated rings. The summed E-state index contributed by atoms with van der Waals surface area (Å²) in [7, 11) is 0. The highest BCUT2D eigenvalue weighted by Gasteiger charge is 2.14. The van der Waals surface area contributed by atoms with Gasteiger partial charge in [0.05, 0.1) is 17.3 Å². The Balaban J connectivity index is 2.21. The van der Waals surface area contributed by atoms with Crippen molar-refractivity contribution in [2.75, 3.05) is 0 Å². The molecule has 6 nitrogen and oxygen atoms in total. The molecular weight excluding hydrogens is 398 g/mol. The van der Waals surface area contributed by atoms with E-state index in [9.17, 15) is 9.59 Å². The lowest BCUT2D eigenvalue weighted by molar-refractivity contribution is -0.118. The third-order valence-corrected chi connectivity index (χ3v) is 3.96. The standard InChI is InChI=1S/C19H12BrN3O3/c1-11(24)22-18(25)16-9-13-8-14(20)4-7-17(13)26-19(16)23-15-5-2-12(10-21)3-6-15/h2-9H,1H3,(H,22,24,25). The summed E-state index contributed by atoms with van der Waals surface area (Å²) < 4.78 is 6.62. The normalized spacial score (nSPS) is 11.2. The maximum Gasteiger partial charge on any atom is 0.263 e. The highest BCUT2D eigenvalue weighted by Crippen LogP contribution is 2.20. The zero-order valence-corrected chi connectivity index (χ0v) is 15.2. The molecule has 1 heterocycles. The zero-order valence-electron chi connectivity index (χ0n) is 13.6. The van der Waals surface area contributed by atoms with Gasteiger partial charge in [-0.25, -0.2) is 4.99 Å². The molecule has 0 radical (unpaired) electrons. The van der Waals surface area contributed by atoms with Crippen LogP contribution in [0.2, 0.25) is 0 Å². The van der Waals surface area contributed by atoms with Gasteiger partial charge in [0.1, 0.15) is 11.1 Å². The second kappa shape index (κ2) is 7.33. The van der Waals surface area contributed by atoms with E-state index in [-0.39, 0.29) is 11.1 Å². The SMILES string of the molecule is CC(=O)NC(=O)c1cc2cc(Br)ccc2oc1=Nc1ccc(C#N)cc1. The smallest absolute Gasteiger partial charge is 0.263 e. The maximum atomic E-state index is 12.4. The van der Waals surface area contributed by atoms with E-state index in [0.29, 0.717) is 22.2 Å². The molecule has 0 saturated heterocycles. The van der Waals surface area contributed by atoms with Crippen LogP contribution in [0.5, 0.6) is 0 Å². The minimum absolute atomic E-state index is 0.0725. The van der Waals surface area contributed by atoms with Crippen molar-refractivity contribution in [3.8, 4) is 6.07 Å². The number of nitrogens with one attached hydrogen (secondary N) is 1. The van der Waals surface area contributed by atoms with Crippen molar-refractivity contribution in [3.05, 3.63) is 69.7 Å². The first-order valence-electron chi connectivity index (χ1n) is 7.56. The summed E-state index contributed by atoms with van der Waals surface area (Å²) in [6, 6.07) is 15.5. The molecule has 1 N–H and O–H groups in total. The number of hydrogen-bond acceptors (Lipinski definition) is 5. The minimum Gasteiger partial charge on any atom is -0.438 e. The number of benzene rings is 2. The van der Waals surface area contributed by atoms with Crippen molar-refractivity contribution >= 4 is 44.4 Å². The summed E-state index contributed by atoms with van der Waals surface area (Å²) >= 11 is 3.37. The number of fused-ring (bicyclic) bond motifs is 1. The van der Waals surface area contributed by atoms with Crippen LogP contribution in [0.25, 0.3) is 11.0 Å². The maximum absolute atomic E-state index is 12.4. The Morgan fingerprint density at radius 1 is 1.15 bits per heavy atom. The van der Waals surface area contributed by atoms with Crippen molar-refractivity contribution in [2.24, 2.45) is 4.99 Å². The highest BCUT2D eigenvalue weighted by molar-refractivity contribution is 9.10. The van der Waals surface area contributed by atoms with E-state index in [1.165, 1.54) is 6.92 Å². The molecule has 7 heteroatoms. The van der Waals surface area contributed by atoms with Crippen LogP contribution in [-0.2, 0) is 4.79 Å². The molecule has 0 atom stereocenters. The van der Waals surface area contributed by atoms with Gasteiger partial charge in [0.25, 0.3) is 5.91 Å². The molecule has 0 spiro atoms. The minimum atomic E-state index is -0.601. The Kier molecular flexibility index (Phi) is 4.96. The molecule has 0 bridgehead atoms. The molecule has 26 heavy (non-hydrogen) atoms. The van der Waals surface area contributed by atoms with Crippen LogP contribution in [0.1, 0.15) is 22.8 Å². The molecule has 0 aliphatic rings. The van der Waals surface area contributed by atoms with Crippen molar-refractivity contribution in [2.45, 2.75) is 6.92 Å². The molecule has 0 aliphatic heterocycles. The molecule has 0 aliphatic carbocycles. The van der Waals surface area contributed by atoms with Gasteiger partial charge in [-0.15, -0.1) is 0 Å². The number of carbonyl (C=O) groups is 2. The number of nitrogens with zero attached hydrogens (tertiary/aromatic N) is 2. The van der Waals surface area contributed by atoms with Crippen LogP contribution >= 0.6 is 15.9 Å². The summed E-state index contributed by atoms with van der Waals surface area (Å²) in [5.74, 6) is -1.08. The lowest BCUT2D eigenvalue weighted by Gasteiger charge is -2.05. The summed E-state index contributed by atoms with van der Waals surface area (Å²) in [6.07, 6.45) is 0. The molecule has 128 valence electrons. The second-order valence-corrected chi connectivity index (χ2v) is 6.34. The lowest BCUT2D eigenvalue weighted by Crippen LogP contribution is -2.32. The predicted molar refractivity (Wildman–Crippen MR) is 98.4 cm³/mol. The number of carbonyl (C=O) groups excluding carboxylic acids is 2. The van der Waals surface area contributed by atoms with Gasteiger partial charge in [-0.05, 0) is 48.5 Å². The first kappa shape index (κ1) is 17.6. The first-order valence-corrected chi connectivity index (χ1v) is 8.36. The zero-order chi connectivity index (χ0) is 18.7. The van der Waals surface area contributed by atoms with Crippen molar-refractivity contribution in [3.63, 3.8) is 0 Å². The average Bonchev–Trinajstić information content (AvgIpc) is 2.61. The molecule has 1 aromatic heterocycles. The van der Waals surface area contributed by atoms with Gasteiger partial charge in [0.15, 0.2) is 0 Å². The van der Waals surface area contributed by atoms with Crippen LogP contribution < -0.4 is 10.9 Å². The van der Waals surface area contributed by atoms with Gasteiger partial charge in [0.2, 0.25) is 11.5 Å². The van der Waals surface area contributed by atoms with Crippen molar-refractivity contribution < 1.29 is 14.0 Å². The predicted octanol–water partition coefficient (Wildman–Crippen LogP) is 3.58. The van der Waals surface area contributed by atoms with E-state index in [1.807, 2.05) is 12.1 Å². The Morgan fingerprint density at radius 3 is 2.54 bits per heavy atom. The lowest BCUT2D eigenvalue weighted by atomic mass is 10.1. The van der Waals surface area contributed by atoms with Gasteiger partial charge >= 0.3 is 0 Å². The van der Waals surface area contributed by atoms with E-state index in [2.05, 4.69) is 26.2 Å². The van der Waals surface area contributed by atoms with Crippen LogP contribution in [0, 0.1) is 11.3 Å². The van der Waals surface area contributed by atoms with Gasteiger partial charge in [-0.1, -0.05) is 15.9 Å². The Bertz CT molecular complexity index is 1130. The quantitative estimate of drug-likeness (QED) is 0.699. The monoisotopic (exact) mass is 409 g/mol. The summed E-state index contributed by atoms with van der Waals surface area (Å²) in [6.45, 7) is 1.25. The Hall–Kier alpha value is -3.24. The highest BCUT2D eigenvalue weighted by atomic mass is 79.9. The number of halogens is 1. The molecule has 3 rings (SSSR count). The van der Waals surface area contributed by atoms with Gasteiger partial charge in [0, 0.05) is 16.8 Å². The van der Waals surface area contributed by atoms with Gasteiger partial charge in [-0.3, -0.25) is 14.9 Å². The first-order chi connectivity index (χ1) is 12.5. The Labute approximate surface area is 156 Å². The fraction of sp³-hybridized carbons (Fsp3) is 0.0526. The number of nitriles is 1. The van der Waals surface area contributed by atoms with E-state index in [4.69, 9.17) is 9.68 Å². The van der Waals surface area contributed by atoms with Crippen LogP contribution in [0.4, 0.5) is 5.69 Å². The molecule has 0 unspecified atom stereocenters. The van der Waals surface area contributed by atoms with Crippen LogP contribution in [0.15, 0.2) is 62.4 Å². The number of rotatable bonds is 2. The summed E-state index contributed by atoms with van der Waals surface area (Å²) in [4.78, 5) is 28.0. The fourth-order valence-corrected chi connectivity index (χ4v) is 2.68. The topological polar surface area (TPSA) is 95.5 Å². The third kappa shape index (κ3) is 3.87. The van der Waals surface area contributed by atoms with Crippen molar-refractivity contribution in [1.82, 2.24) is 5.32 Å². The van der Waals surface area contributed by atoms with Crippen LogP contribution in [-0.4, -0.2) is 11.8 Å². The fourth-order valence-electron chi connectivity index (χ4n) is 2.30. The number of imide groups is 1. The van der Waals surface area contributed by atoms with Gasteiger partial charge in [-0.2, -0.15) is 5.26 Å². The number of hydrogen-bond donors (Lipinski definition) is 1. The Morgan fingerprint density at radius 2 is 1.88 bits per heavy atom. The molecular formula is C19H12BrN3O3. The van der Waals surface area contributed by atoms with E-state index >= 15 is 0 Å². The average molecular weight is 410 g/mol. The molecule has 2 aromatic carbocycles. The van der Waals surface area contributed by atoms with E-state index < -0.39 is 11.8 Å². The second-order valence-electron chi connectivity index (χ2n) is 5.43. The van der Waals surface area contributed by atoms with Crippen LogP contribution in [0.3, 0.4) is 0 Å². The third-order valence-electron chi connectivity index (χ3n) is 3.47. The van der Waals surface area contributed by atoms with Crippen molar-refractivity contribution in [1.29, 1.82) is 5.26 Å². The summed E-state index contributed by atoms with van der Waals surface area (Å²) in [5.41, 5.74) is 1.76. The largest absolute Gasteiger partial charge is 0.438 e. The van der Waals surface area contributed by atoms with Gasteiger partial charge < -0.3 is 4.42 Å². The van der Waals surface area contributed by atoms with E-state index in [1.54, 1.807) is 42.5 Å². The molecule has 3 aromatic rings. The molecule has 0 saturated carbocycles. The number of amides is 2. The molecule has 2 amide bonds.